The summed E-state index contributed by atoms with van der Waals surface area (Å²) in [6.07, 6.45) is 2.33. The fourth-order valence-corrected chi connectivity index (χ4v) is 5.02. The number of nitrogens with one attached hydrogen (secondary N) is 3. The number of hydrogen-bond donors (Lipinski definition) is 5. The zero-order valence-corrected chi connectivity index (χ0v) is 25.3. The number of alkyl halides is 3. The number of carbonyl (C=O) groups is 1. The van der Waals surface area contributed by atoms with Crippen LogP contribution >= 0.6 is 0 Å². The number of hydrogen-bond acceptors (Lipinski definition) is 10. The second-order valence-electron chi connectivity index (χ2n) is 10.8. The van der Waals surface area contributed by atoms with Crippen LogP contribution in [0.5, 0.6) is 0 Å². The van der Waals surface area contributed by atoms with Gasteiger partial charge < -0.3 is 36.5 Å². The van der Waals surface area contributed by atoms with Crippen molar-refractivity contribution in [3.63, 3.8) is 0 Å². The average Bonchev–Trinajstić information content (AvgIpc) is 2.99. The fraction of sp³-hybridized carbons (Fsp3) is 0.621. The Labute approximate surface area is 252 Å². The number of benzene rings is 1. The Hall–Kier alpha value is -3.36. The molecule has 1 aromatic heterocycles. The quantitative estimate of drug-likeness (QED) is 0.103. The lowest BCUT2D eigenvalue weighted by atomic mass is 10.1. The molecular formula is C29H47F3N10O. The minimum atomic E-state index is -4.88. The molecule has 1 aliphatic heterocycles. The van der Waals surface area contributed by atoms with Gasteiger partial charge in [0.15, 0.2) is 0 Å². The van der Waals surface area contributed by atoms with E-state index in [0.29, 0.717) is 35.6 Å². The number of fused-ring (bicyclic) bond motifs is 1. The maximum Gasteiger partial charge on any atom is 0.471 e. The zero-order valence-electron chi connectivity index (χ0n) is 25.3. The van der Waals surface area contributed by atoms with Crippen molar-refractivity contribution in [2.75, 3.05) is 69.1 Å². The smallest absolute Gasteiger partial charge is 0.399 e. The molecule has 7 N–H and O–H groups in total. The van der Waals surface area contributed by atoms with Crippen molar-refractivity contribution in [2.24, 2.45) is 11.6 Å². The maximum atomic E-state index is 12.9. The van der Waals surface area contributed by atoms with Gasteiger partial charge in [0.1, 0.15) is 5.82 Å². The number of anilines is 2. The number of nitrogens with two attached hydrogens (primary N) is 2. The van der Waals surface area contributed by atoms with E-state index in [9.17, 15) is 18.0 Å². The van der Waals surface area contributed by atoms with Gasteiger partial charge in [-0.1, -0.05) is 32.4 Å². The van der Waals surface area contributed by atoms with Crippen LogP contribution in [0.3, 0.4) is 0 Å². The number of piperazine rings is 1. The van der Waals surface area contributed by atoms with Crippen molar-refractivity contribution in [3.8, 4) is 0 Å². The topological polar surface area (TPSA) is 141 Å². The van der Waals surface area contributed by atoms with Gasteiger partial charge in [-0.15, -0.1) is 0 Å². The zero-order chi connectivity index (χ0) is 31.2. The summed E-state index contributed by atoms with van der Waals surface area (Å²) in [5.41, 5.74) is 7.37. The average molecular weight is 609 g/mol. The van der Waals surface area contributed by atoms with Crippen LogP contribution in [-0.4, -0.2) is 96.9 Å². The molecule has 1 aromatic carbocycles. The first-order valence-corrected chi connectivity index (χ1v) is 15.2. The van der Waals surface area contributed by atoms with E-state index >= 15 is 0 Å². The highest BCUT2D eigenvalue weighted by molar-refractivity contribution is 5.90. The fourth-order valence-electron chi connectivity index (χ4n) is 5.02. The third-order valence-corrected chi connectivity index (χ3v) is 7.34. The Kier molecular flexibility index (Phi) is 13.5. The number of carbonyl (C=O) groups excluding carboxylic acids is 1. The minimum Gasteiger partial charge on any atom is -0.399 e. The van der Waals surface area contributed by atoms with Crippen molar-refractivity contribution in [1.82, 2.24) is 30.5 Å². The predicted octanol–water partition coefficient (Wildman–Crippen LogP) is 2.77. The van der Waals surface area contributed by atoms with Gasteiger partial charge in [-0.25, -0.2) is 10.8 Å². The maximum absolute atomic E-state index is 12.9. The van der Waals surface area contributed by atoms with Gasteiger partial charge in [0, 0.05) is 56.0 Å². The van der Waals surface area contributed by atoms with E-state index in [1.165, 1.54) is 12.8 Å². The van der Waals surface area contributed by atoms with Crippen LogP contribution < -0.4 is 32.4 Å². The Bertz CT molecular complexity index is 1170. The monoisotopic (exact) mass is 608 g/mol. The Morgan fingerprint density at radius 1 is 1.09 bits per heavy atom. The summed E-state index contributed by atoms with van der Waals surface area (Å²) in [4.78, 5) is 23.5. The third kappa shape index (κ3) is 11.0. The first-order valence-electron chi connectivity index (χ1n) is 15.2. The van der Waals surface area contributed by atoms with Crippen molar-refractivity contribution in [2.45, 2.75) is 58.2 Å². The van der Waals surface area contributed by atoms with E-state index in [4.69, 9.17) is 11.6 Å². The summed E-state index contributed by atoms with van der Waals surface area (Å²) in [6, 6.07) is 8.02. The van der Waals surface area contributed by atoms with Gasteiger partial charge >= 0.3 is 12.1 Å². The predicted molar refractivity (Wildman–Crippen MR) is 165 cm³/mol. The van der Waals surface area contributed by atoms with Crippen LogP contribution in [0.15, 0.2) is 36.2 Å². The van der Waals surface area contributed by atoms with E-state index in [1.807, 2.05) is 29.2 Å². The molecule has 0 radical (unpaired) electrons. The lowest BCUT2D eigenvalue weighted by Gasteiger charge is -2.36. The van der Waals surface area contributed by atoms with Gasteiger partial charge in [0.25, 0.3) is 0 Å². The van der Waals surface area contributed by atoms with E-state index in [2.05, 4.69) is 39.8 Å². The SMILES string of the molecule is CCCC(CC)NCCCNCCCN(N)/C=C(\N)CNc1nc(N2CCN(C(=O)C(F)(F)F)CC2)c2ccccc2n1. The standard InChI is InChI=1S/C29H47F3N10O/c1-3-9-23(4-2)36-14-7-12-35-13-8-15-42(34)21-22(33)20-37-28-38-25-11-6-5-10-24(25)26(39-28)40-16-18-41(19-17-40)27(43)29(30,31)32/h5-6,10-11,21,23,35-36H,3-4,7-9,12-20,33-34H2,1-2H3,(H,37,38,39)/b22-21-. The van der Waals surface area contributed by atoms with Crippen LogP contribution in [0.25, 0.3) is 10.9 Å². The normalized spacial score (nSPS) is 15.2. The van der Waals surface area contributed by atoms with Crippen molar-refractivity contribution >= 4 is 28.6 Å². The highest BCUT2D eigenvalue weighted by Crippen LogP contribution is 2.27. The summed E-state index contributed by atoms with van der Waals surface area (Å²) in [7, 11) is 0. The Balaban J connectivity index is 1.45. The minimum absolute atomic E-state index is 0.0490. The van der Waals surface area contributed by atoms with Crippen LogP contribution in [0, 0.1) is 0 Å². The van der Waals surface area contributed by atoms with Crippen LogP contribution in [0.2, 0.25) is 0 Å². The van der Waals surface area contributed by atoms with Crippen molar-refractivity contribution in [1.29, 1.82) is 0 Å². The molecule has 0 aliphatic carbocycles. The highest BCUT2D eigenvalue weighted by Gasteiger charge is 2.43. The van der Waals surface area contributed by atoms with Crippen LogP contribution in [0.4, 0.5) is 24.9 Å². The van der Waals surface area contributed by atoms with Gasteiger partial charge in [0.2, 0.25) is 5.95 Å². The molecule has 0 saturated carbocycles. The van der Waals surface area contributed by atoms with Crippen molar-refractivity contribution < 1.29 is 18.0 Å². The van der Waals surface area contributed by atoms with Gasteiger partial charge in [0.05, 0.1) is 12.1 Å². The molecule has 0 bridgehead atoms. The Morgan fingerprint density at radius 3 is 2.51 bits per heavy atom. The van der Waals surface area contributed by atoms with Gasteiger partial charge in [-0.05, 0) is 57.5 Å². The van der Waals surface area contributed by atoms with Gasteiger partial charge in [-0.3, -0.25) is 4.79 Å². The molecule has 1 aliphatic rings. The number of aromatic nitrogens is 2. The number of para-hydroxylation sites is 1. The molecule has 1 amide bonds. The summed E-state index contributed by atoms with van der Waals surface area (Å²) >= 11 is 0. The second-order valence-corrected chi connectivity index (χ2v) is 10.8. The molecular weight excluding hydrogens is 561 g/mol. The molecule has 240 valence electrons. The van der Waals surface area contributed by atoms with E-state index < -0.39 is 12.1 Å². The highest BCUT2D eigenvalue weighted by atomic mass is 19.4. The number of hydrazine groups is 1. The van der Waals surface area contributed by atoms with Crippen LogP contribution in [-0.2, 0) is 4.79 Å². The molecule has 11 nitrogen and oxygen atoms in total. The lowest BCUT2D eigenvalue weighted by Crippen LogP contribution is -2.52. The number of halogens is 3. The largest absolute Gasteiger partial charge is 0.471 e. The molecule has 3 rings (SSSR count). The molecule has 1 saturated heterocycles. The molecule has 43 heavy (non-hydrogen) atoms. The van der Waals surface area contributed by atoms with Gasteiger partial charge in [-0.2, -0.15) is 18.2 Å². The number of amides is 1. The first-order chi connectivity index (χ1) is 20.6. The van der Waals surface area contributed by atoms with E-state index in [1.54, 1.807) is 11.2 Å². The van der Waals surface area contributed by atoms with Crippen LogP contribution in [0.1, 0.15) is 46.0 Å². The molecule has 2 aromatic rings. The molecule has 1 fully saturated rings. The lowest BCUT2D eigenvalue weighted by molar-refractivity contribution is -0.185. The molecule has 1 atom stereocenters. The van der Waals surface area contributed by atoms with E-state index in [-0.39, 0.29) is 32.7 Å². The summed E-state index contributed by atoms with van der Waals surface area (Å²) in [5.74, 6) is 5.22. The third-order valence-electron chi connectivity index (χ3n) is 7.34. The number of rotatable bonds is 17. The molecule has 14 heteroatoms. The first kappa shape index (κ1) is 34.1. The summed E-state index contributed by atoms with van der Waals surface area (Å²) in [6.45, 7) is 8.50. The second kappa shape index (κ2) is 17.1. The van der Waals surface area contributed by atoms with E-state index in [0.717, 1.165) is 49.2 Å². The van der Waals surface area contributed by atoms with Crippen molar-refractivity contribution in [3.05, 3.63) is 36.2 Å². The number of nitrogens with zero attached hydrogens (tertiary/aromatic N) is 5. The molecule has 0 spiro atoms. The Morgan fingerprint density at radius 2 is 1.81 bits per heavy atom. The molecule has 2 heterocycles. The summed E-state index contributed by atoms with van der Waals surface area (Å²) < 4.78 is 38.6. The summed E-state index contributed by atoms with van der Waals surface area (Å²) in [5, 5.41) is 12.5. The molecule has 1 unspecified atom stereocenters.